The number of nitrogens with one attached hydrogen (secondary N) is 1. The van der Waals surface area contributed by atoms with Crippen LogP contribution in [0.2, 0.25) is 4.34 Å². The van der Waals surface area contributed by atoms with Gasteiger partial charge in [-0.1, -0.05) is 83.5 Å². The molecule has 6 rings (SSSR count). The van der Waals surface area contributed by atoms with Crippen LogP contribution in [0.3, 0.4) is 0 Å². The molecule has 0 unspecified atom stereocenters. The number of piperazine rings is 1. The minimum atomic E-state index is -0.121. The minimum Gasteiger partial charge on any atom is -0.377 e. The summed E-state index contributed by atoms with van der Waals surface area (Å²) < 4.78 is 12.0. The van der Waals surface area contributed by atoms with Crippen molar-refractivity contribution in [2.75, 3.05) is 32.8 Å². The van der Waals surface area contributed by atoms with Crippen LogP contribution in [-0.2, 0) is 22.6 Å². The minimum absolute atomic E-state index is 0.0129. The Bertz CT molecular complexity index is 1910. The molecule has 5 aromatic rings. The Balaban J connectivity index is 1.23. The second-order valence-electron chi connectivity index (χ2n) is 12.4. The lowest BCUT2D eigenvalue weighted by Gasteiger charge is -2.41. The van der Waals surface area contributed by atoms with Gasteiger partial charge < -0.3 is 19.5 Å². The molecule has 3 aromatic carbocycles. The number of hydrogen-bond donors (Lipinski definition) is 1. The first-order valence-corrected chi connectivity index (χ1v) is 17.8. The van der Waals surface area contributed by atoms with E-state index in [1.807, 2.05) is 110 Å². The van der Waals surface area contributed by atoms with Crippen LogP contribution in [0.5, 0.6) is 0 Å². The van der Waals surface area contributed by atoms with E-state index in [9.17, 15) is 10.1 Å². The molecule has 1 saturated heterocycles. The molecule has 256 valence electrons. The number of carbonyl (C=O) groups excluding carboxylic acids is 1. The van der Waals surface area contributed by atoms with Gasteiger partial charge in [-0.3, -0.25) is 9.69 Å². The van der Waals surface area contributed by atoms with Gasteiger partial charge in [0.25, 0.3) is 0 Å². The van der Waals surface area contributed by atoms with Crippen LogP contribution in [0.25, 0.3) is 10.6 Å². The van der Waals surface area contributed by atoms with Gasteiger partial charge in [0.2, 0.25) is 5.91 Å². The summed E-state index contributed by atoms with van der Waals surface area (Å²) in [5.41, 5.74) is 5.35. The third kappa shape index (κ3) is 9.13. The van der Waals surface area contributed by atoms with Gasteiger partial charge in [0.1, 0.15) is 6.07 Å². The molecule has 1 N–H and O–H groups in total. The lowest BCUT2D eigenvalue weighted by molar-refractivity contribution is -0.140. The third-order valence-electron chi connectivity index (χ3n) is 8.32. The molecule has 1 aliphatic rings. The third-order valence-corrected chi connectivity index (χ3v) is 9.57. The zero-order valence-corrected chi connectivity index (χ0v) is 29.7. The van der Waals surface area contributed by atoms with E-state index in [2.05, 4.69) is 21.4 Å². The molecule has 0 aliphatic carbocycles. The van der Waals surface area contributed by atoms with Gasteiger partial charge in [0.15, 0.2) is 5.76 Å². The lowest BCUT2D eigenvalue weighted by atomic mass is 10.0. The summed E-state index contributed by atoms with van der Waals surface area (Å²) in [6.45, 7) is 7.62. The number of thiophene rings is 1. The average Bonchev–Trinajstić information content (AvgIpc) is 3.78. The van der Waals surface area contributed by atoms with Crippen LogP contribution >= 0.6 is 22.9 Å². The molecule has 1 fully saturated rings. The summed E-state index contributed by atoms with van der Waals surface area (Å²) in [5.74, 6) is 0.672. The molecule has 0 saturated carbocycles. The number of halogens is 1. The van der Waals surface area contributed by atoms with Crippen molar-refractivity contribution >= 4 is 40.2 Å². The molecule has 1 amide bonds. The molecule has 1 aliphatic heterocycles. The molecule has 3 heterocycles. The van der Waals surface area contributed by atoms with Gasteiger partial charge >= 0.3 is 0 Å². The number of aromatic nitrogens is 1. The van der Waals surface area contributed by atoms with Gasteiger partial charge in [0, 0.05) is 49.9 Å². The molecule has 9 nitrogen and oxygen atoms in total. The predicted molar refractivity (Wildman–Crippen MR) is 198 cm³/mol. The van der Waals surface area contributed by atoms with Crippen molar-refractivity contribution in [1.82, 2.24) is 20.3 Å². The highest BCUT2D eigenvalue weighted by molar-refractivity contribution is 7.19. The molecular weight excluding hydrogens is 668 g/mol. The Kier molecular flexibility index (Phi) is 11.9. The SMILES string of the molecule is CC(C)OCCNC[C@@H]1CN(Cc2cc(-c3ccc(Cl)s3)on2)CC(=O)N1Cc1ccc(C#N)c(N=C(c2ccccc2)c2ccccc2)c1. The first kappa shape index (κ1) is 35.2. The number of benzene rings is 3. The normalized spacial score (nSPS) is 15.0. The summed E-state index contributed by atoms with van der Waals surface area (Å²) in [4.78, 5) is 23.9. The standard InChI is InChI=1S/C39H39ClN6O3S/c1-27(2)48-18-17-42-22-33-25-45(24-32-20-35(49-44-32)36-15-16-37(40)50-36)26-38(47)46(33)23-28-13-14-31(21-41)34(19-28)43-39(29-9-5-3-6-10-29)30-11-7-4-8-12-30/h3-16,19-20,27,33,42H,17-18,22-26H2,1-2H3/t33-/m1/s1. The molecule has 0 radical (unpaired) electrons. The monoisotopic (exact) mass is 706 g/mol. The van der Waals surface area contributed by atoms with Crippen molar-refractivity contribution in [3.8, 4) is 16.7 Å². The molecule has 11 heteroatoms. The first-order chi connectivity index (χ1) is 24.4. The fourth-order valence-electron chi connectivity index (χ4n) is 5.94. The van der Waals surface area contributed by atoms with Gasteiger partial charge in [-0.25, -0.2) is 4.99 Å². The van der Waals surface area contributed by atoms with Crippen molar-refractivity contribution in [2.45, 2.75) is 39.1 Å². The van der Waals surface area contributed by atoms with Crippen molar-refractivity contribution in [2.24, 2.45) is 4.99 Å². The predicted octanol–water partition coefficient (Wildman–Crippen LogP) is 7.32. The fraction of sp³-hybridized carbons (Fsp3) is 0.282. The number of nitriles is 1. The second-order valence-corrected chi connectivity index (χ2v) is 14.1. The summed E-state index contributed by atoms with van der Waals surface area (Å²) in [7, 11) is 0. The molecule has 1 atom stereocenters. The smallest absolute Gasteiger partial charge is 0.237 e. The van der Waals surface area contributed by atoms with Crippen LogP contribution < -0.4 is 5.32 Å². The maximum absolute atomic E-state index is 13.9. The zero-order valence-electron chi connectivity index (χ0n) is 28.1. The number of aliphatic imine (C=N–C) groups is 1. The van der Waals surface area contributed by atoms with E-state index in [4.69, 9.17) is 25.9 Å². The van der Waals surface area contributed by atoms with E-state index < -0.39 is 0 Å². The molecular formula is C39H39ClN6O3S. The highest BCUT2D eigenvalue weighted by atomic mass is 35.5. The summed E-state index contributed by atoms with van der Waals surface area (Å²) >= 11 is 7.56. The van der Waals surface area contributed by atoms with Crippen molar-refractivity contribution in [3.63, 3.8) is 0 Å². The molecule has 0 spiro atoms. The van der Waals surface area contributed by atoms with Gasteiger partial charge in [-0.2, -0.15) is 5.26 Å². The highest BCUT2D eigenvalue weighted by Crippen LogP contribution is 2.32. The van der Waals surface area contributed by atoms with Gasteiger partial charge in [0.05, 0.1) is 57.2 Å². The van der Waals surface area contributed by atoms with E-state index in [-0.39, 0.29) is 24.6 Å². The van der Waals surface area contributed by atoms with Crippen molar-refractivity contribution in [1.29, 1.82) is 5.26 Å². The number of carbonyl (C=O) groups is 1. The van der Waals surface area contributed by atoms with Gasteiger partial charge in [-0.15, -0.1) is 11.3 Å². The number of nitrogens with zero attached hydrogens (tertiary/aromatic N) is 5. The summed E-state index contributed by atoms with van der Waals surface area (Å²) in [6.07, 6.45) is 0.148. The molecule has 2 aromatic heterocycles. The van der Waals surface area contributed by atoms with Gasteiger partial charge in [-0.05, 0) is 43.7 Å². The zero-order chi connectivity index (χ0) is 34.9. The number of rotatable bonds is 14. The van der Waals surface area contributed by atoms with Crippen LogP contribution in [-0.4, -0.2) is 71.5 Å². The number of amides is 1. The first-order valence-electron chi connectivity index (χ1n) is 16.6. The van der Waals surface area contributed by atoms with Crippen LogP contribution in [0.15, 0.2) is 107 Å². The Hall–Kier alpha value is -4.63. The van der Waals surface area contributed by atoms with Crippen molar-refractivity contribution in [3.05, 3.63) is 129 Å². The van der Waals surface area contributed by atoms with E-state index in [0.717, 1.165) is 33.0 Å². The Morgan fingerprint density at radius 1 is 1.06 bits per heavy atom. The fourth-order valence-corrected chi connectivity index (χ4v) is 6.93. The Labute approximate surface area is 301 Å². The van der Waals surface area contributed by atoms with Crippen molar-refractivity contribution < 1.29 is 14.1 Å². The molecule has 50 heavy (non-hydrogen) atoms. The van der Waals surface area contributed by atoms with E-state index >= 15 is 0 Å². The van der Waals surface area contributed by atoms with Crippen LogP contribution in [0, 0.1) is 11.3 Å². The maximum Gasteiger partial charge on any atom is 0.237 e. The van der Waals surface area contributed by atoms with E-state index in [1.165, 1.54) is 11.3 Å². The largest absolute Gasteiger partial charge is 0.377 e. The maximum atomic E-state index is 13.9. The highest BCUT2D eigenvalue weighted by Gasteiger charge is 2.33. The van der Waals surface area contributed by atoms with Crippen LogP contribution in [0.4, 0.5) is 5.69 Å². The second kappa shape index (κ2) is 16.9. The van der Waals surface area contributed by atoms with E-state index in [1.54, 1.807) is 6.07 Å². The quantitative estimate of drug-likeness (QED) is 0.0953. The number of ether oxygens (including phenoxy) is 1. The Morgan fingerprint density at radius 2 is 1.80 bits per heavy atom. The lowest BCUT2D eigenvalue weighted by Crippen LogP contribution is -2.58. The topological polar surface area (TPSA) is 107 Å². The molecule has 0 bridgehead atoms. The Morgan fingerprint density at radius 3 is 2.46 bits per heavy atom. The summed E-state index contributed by atoms with van der Waals surface area (Å²) in [6, 6.07) is 33.4. The van der Waals surface area contributed by atoms with Crippen LogP contribution in [0.1, 0.15) is 41.8 Å². The summed E-state index contributed by atoms with van der Waals surface area (Å²) in [5, 5.41) is 17.8. The average molecular weight is 707 g/mol. The van der Waals surface area contributed by atoms with E-state index in [0.29, 0.717) is 60.7 Å². The number of hydrogen-bond acceptors (Lipinski definition) is 9.